The zero-order chi connectivity index (χ0) is 22.5. The second kappa shape index (κ2) is 9.87. The van der Waals surface area contributed by atoms with E-state index in [1.165, 1.54) is 10.7 Å². The first-order chi connectivity index (χ1) is 15.5. The molecule has 1 saturated heterocycles. The SMILES string of the molecule is COc1ccccc1CNC(=O)[C@H]1CCCN(c2ccc(=O)n(-c3cccc(Cl)c3)n2)C1. The molecule has 0 aliphatic carbocycles. The molecule has 32 heavy (non-hydrogen) atoms. The maximum atomic E-state index is 12.9. The van der Waals surface area contributed by atoms with Gasteiger partial charge in [-0.1, -0.05) is 35.9 Å². The number of aromatic nitrogens is 2. The fourth-order valence-corrected chi connectivity index (χ4v) is 4.12. The van der Waals surface area contributed by atoms with Crippen molar-refractivity contribution in [1.29, 1.82) is 0 Å². The van der Waals surface area contributed by atoms with E-state index >= 15 is 0 Å². The Morgan fingerprint density at radius 2 is 2.03 bits per heavy atom. The summed E-state index contributed by atoms with van der Waals surface area (Å²) in [5.41, 5.74) is 1.30. The first-order valence-corrected chi connectivity index (χ1v) is 10.9. The Bertz CT molecular complexity index is 1160. The first-order valence-electron chi connectivity index (χ1n) is 10.6. The van der Waals surface area contributed by atoms with E-state index in [0.717, 1.165) is 30.7 Å². The standard InChI is InChI=1S/C24H25ClN4O3/c1-32-21-10-3-2-6-17(21)15-26-24(31)18-7-5-13-28(16-18)22-11-12-23(30)29(27-22)20-9-4-8-19(25)14-20/h2-4,6,8-12,14,18H,5,7,13,15-16H2,1H3,(H,26,31)/t18-/m0/s1. The van der Waals surface area contributed by atoms with Gasteiger partial charge in [-0.25, -0.2) is 0 Å². The van der Waals surface area contributed by atoms with Crippen LogP contribution in [0.1, 0.15) is 18.4 Å². The second-order valence-electron chi connectivity index (χ2n) is 7.74. The van der Waals surface area contributed by atoms with Crippen LogP contribution in [0.25, 0.3) is 5.69 Å². The van der Waals surface area contributed by atoms with E-state index in [1.807, 2.05) is 24.3 Å². The summed E-state index contributed by atoms with van der Waals surface area (Å²) in [6.07, 6.45) is 1.67. The molecule has 166 valence electrons. The molecular formula is C24H25ClN4O3. The summed E-state index contributed by atoms with van der Waals surface area (Å²) in [6, 6.07) is 17.9. The predicted molar refractivity (Wildman–Crippen MR) is 125 cm³/mol. The Labute approximate surface area is 191 Å². The zero-order valence-corrected chi connectivity index (χ0v) is 18.6. The molecule has 0 saturated carbocycles. The molecule has 1 aliphatic heterocycles. The Morgan fingerprint density at radius 3 is 2.84 bits per heavy atom. The van der Waals surface area contributed by atoms with Gasteiger partial charge in [0.05, 0.1) is 18.7 Å². The number of benzene rings is 2. The number of anilines is 1. The number of ether oxygens (including phenoxy) is 1. The lowest BCUT2D eigenvalue weighted by Gasteiger charge is -2.33. The van der Waals surface area contributed by atoms with Crippen LogP contribution < -0.4 is 20.5 Å². The summed E-state index contributed by atoms with van der Waals surface area (Å²) in [5, 5.41) is 8.11. The number of hydrogen-bond acceptors (Lipinski definition) is 5. The number of methoxy groups -OCH3 is 1. The van der Waals surface area contributed by atoms with Crippen LogP contribution in [0, 0.1) is 5.92 Å². The van der Waals surface area contributed by atoms with Gasteiger partial charge in [0.2, 0.25) is 5.91 Å². The summed E-state index contributed by atoms with van der Waals surface area (Å²) in [6.45, 7) is 1.73. The van der Waals surface area contributed by atoms with Crippen molar-refractivity contribution in [1.82, 2.24) is 15.1 Å². The molecule has 8 heteroatoms. The first kappa shape index (κ1) is 21.9. The minimum Gasteiger partial charge on any atom is -0.496 e. The van der Waals surface area contributed by atoms with Crippen molar-refractivity contribution < 1.29 is 9.53 Å². The van der Waals surface area contributed by atoms with Gasteiger partial charge >= 0.3 is 0 Å². The molecule has 0 radical (unpaired) electrons. The van der Waals surface area contributed by atoms with Gasteiger partial charge in [0.1, 0.15) is 11.6 Å². The molecule has 3 aromatic rings. The van der Waals surface area contributed by atoms with E-state index in [4.69, 9.17) is 16.3 Å². The third-order valence-corrected chi connectivity index (χ3v) is 5.84. The number of carbonyl (C=O) groups is 1. The minimum absolute atomic E-state index is 0.00349. The Hall–Kier alpha value is -3.32. The van der Waals surface area contributed by atoms with E-state index in [0.29, 0.717) is 29.6 Å². The number of para-hydroxylation sites is 1. The Morgan fingerprint density at radius 1 is 1.19 bits per heavy atom. The fraction of sp³-hybridized carbons (Fsp3) is 0.292. The molecule has 0 bridgehead atoms. The Balaban J connectivity index is 1.46. The van der Waals surface area contributed by atoms with Gasteiger partial charge in [-0.05, 0) is 43.2 Å². The van der Waals surface area contributed by atoms with Gasteiger partial charge < -0.3 is 15.0 Å². The number of amides is 1. The van der Waals surface area contributed by atoms with E-state index in [1.54, 1.807) is 37.4 Å². The Kier molecular flexibility index (Phi) is 6.75. The van der Waals surface area contributed by atoms with Gasteiger partial charge in [0.15, 0.2) is 0 Å². The summed E-state index contributed by atoms with van der Waals surface area (Å²) in [7, 11) is 1.62. The molecule has 1 aliphatic rings. The van der Waals surface area contributed by atoms with Crippen molar-refractivity contribution in [3.8, 4) is 11.4 Å². The highest BCUT2D eigenvalue weighted by molar-refractivity contribution is 6.30. The number of piperidine rings is 1. The summed E-state index contributed by atoms with van der Waals surface area (Å²) >= 11 is 6.08. The maximum Gasteiger partial charge on any atom is 0.271 e. The summed E-state index contributed by atoms with van der Waals surface area (Å²) in [5.74, 6) is 1.26. The van der Waals surface area contributed by atoms with Crippen LogP contribution in [-0.4, -0.2) is 35.9 Å². The van der Waals surface area contributed by atoms with E-state index in [2.05, 4.69) is 15.3 Å². The van der Waals surface area contributed by atoms with Crippen LogP contribution in [0.5, 0.6) is 5.75 Å². The molecule has 1 N–H and O–H groups in total. The molecule has 1 amide bonds. The molecule has 0 unspecified atom stereocenters. The van der Waals surface area contributed by atoms with Crippen molar-refractivity contribution in [2.75, 3.05) is 25.1 Å². The fourth-order valence-electron chi connectivity index (χ4n) is 3.94. The monoisotopic (exact) mass is 452 g/mol. The van der Waals surface area contributed by atoms with Crippen LogP contribution in [0.15, 0.2) is 65.5 Å². The van der Waals surface area contributed by atoms with E-state index in [-0.39, 0.29) is 17.4 Å². The maximum absolute atomic E-state index is 12.9. The third kappa shape index (κ3) is 4.94. The topological polar surface area (TPSA) is 76.5 Å². The number of hydrogen-bond donors (Lipinski definition) is 1. The third-order valence-electron chi connectivity index (χ3n) is 5.60. The number of halogens is 1. The van der Waals surface area contributed by atoms with Crippen LogP contribution in [-0.2, 0) is 11.3 Å². The highest BCUT2D eigenvalue weighted by Crippen LogP contribution is 2.23. The summed E-state index contributed by atoms with van der Waals surface area (Å²) < 4.78 is 6.70. The molecule has 2 aromatic carbocycles. The smallest absolute Gasteiger partial charge is 0.271 e. The highest BCUT2D eigenvalue weighted by atomic mass is 35.5. The molecule has 1 fully saturated rings. The number of nitrogens with one attached hydrogen (secondary N) is 1. The van der Waals surface area contributed by atoms with Crippen LogP contribution in [0.3, 0.4) is 0 Å². The largest absolute Gasteiger partial charge is 0.496 e. The zero-order valence-electron chi connectivity index (χ0n) is 17.8. The molecule has 7 nitrogen and oxygen atoms in total. The van der Waals surface area contributed by atoms with Gasteiger partial charge in [-0.15, -0.1) is 5.10 Å². The average Bonchev–Trinajstić information content (AvgIpc) is 2.83. The van der Waals surface area contributed by atoms with Crippen molar-refractivity contribution in [3.05, 3.63) is 81.6 Å². The van der Waals surface area contributed by atoms with Crippen molar-refractivity contribution in [2.24, 2.45) is 5.92 Å². The lowest BCUT2D eigenvalue weighted by Crippen LogP contribution is -2.43. The van der Waals surface area contributed by atoms with E-state index in [9.17, 15) is 9.59 Å². The van der Waals surface area contributed by atoms with Gasteiger partial charge in [0, 0.05) is 36.3 Å². The van der Waals surface area contributed by atoms with E-state index < -0.39 is 0 Å². The molecule has 4 rings (SSSR count). The van der Waals surface area contributed by atoms with Crippen molar-refractivity contribution in [2.45, 2.75) is 19.4 Å². The number of carbonyl (C=O) groups excluding carboxylic acids is 1. The molecule has 0 spiro atoms. The average molecular weight is 453 g/mol. The van der Waals surface area contributed by atoms with Gasteiger partial charge in [0.25, 0.3) is 5.56 Å². The molecule has 1 atom stereocenters. The van der Waals surface area contributed by atoms with Crippen LogP contribution in [0.4, 0.5) is 5.82 Å². The van der Waals surface area contributed by atoms with Gasteiger partial charge in [-0.2, -0.15) is 4.68 Å². The molecule has 1 aromatic heterocycles. The summed E-state index contributed by atoms with van der Waals surface area (Å²) in [4.78, 5) is 27.3. The predicted octanol–water partition coefficient (Wildman–Crippen LogP) is 3.43. The second-order valence-corrected chi connectivity index (χ2v) is 8.17. The lowest BCUT2D eigenvalue weighted by molar-refractivity contribution is -0.125. The minimum atomic E-state index is -0.237. The number of nitrogens with zero attached hydrogens (tertiary/aromatic N) is 3. The normalized spacial score (nSPS) is 15.9. The molecule has 2 heterocycles. The number of rotatable bonds is 6. The van der Waals surface area contributed by atoms with Gasteiger partial charge in [-0.3, -0.25) is 9.59 Å². The lowest BCUT2D eigenvalue weighted by atomic mass is 9.97. The van der Waals surface area contributed by atoms with Crippen LogP contribution >= 0.6 is 11.6 Å². The quantitative estimate of drug-likeness (QED) is 0.620. The molecular weight excluding hydrogens is 428 g/mol. The van der Waals surface area contributed by atoms with Crippen molar-refractivity contribution >= 4 is 23.3 Å². The van der Waals surface area contributed by atoms with Crippen LogP contribution in [0.2, 0.25) is 5.02 Å². The highest BCUT2D eigenvalue weighted by Gasteiger charge is 2.27. The van der Waals surface area contributed by atoms with Crippen molar-refractivity contribution in [3.63, 3.8) is 0 Å².